The molecule has 0 aliphatic carbocycles. The first kappa shape index (κ1) is 42.3. The molecule has 0 spiro atoms. The standard InChI is InChI=1S/C30H32N2O2.3C2H4O2.Mn/c1-29(2,3)21-9-13-27(33)23(15-21)19-7-11-25(31-17-19)26-12-8-20(18-32-26)24-16-22(30(4,5)6)10-14-28(24)34;3*1-2(3)4;/h7-18,33-34H,1-6H3;3*1H3,(H,3,4);/q;;;;+3/p-3. The van der Waals surface area contributed by atoms with Crippen molar-refractivity contribution >= 4 is 17.9 Å². The second kappa shape index (κ2) is 18.4. The summed E-state index contributed by atoms with van der Waals surface area (Å²) in [5.74, 6) is -2.77. The Morgan fingerprint density at radius 1 is 0.553 bits per heavy atom. The van der Waals surface area contributed by atoms with Crippen molar-refractivity contribution in [2.75, 3.05) is 0 Å². The summed E-state index contributed by atoms with van der Waals surface area (Å²) in [4.78, 5) is 35.9. The summed E-state index contributed by atoms with van der Waals surface area (Å²) in [6.07, 6.45) is 3.54. The number of benzene rings is 2. The van der Waals surface area contributed by atoms with E-state index >= 15 is 0 Å². The third-order valence-corrected chi connectivity index (χ3v) is 6.14. The Hall–Kier alpha value is -4.73. The summed E-state index contributed by atoms with van der Waals surface area (Å²) >= 11 is 0. The van der Waals surface area contributed by atoms with Gasteiger partial charge >= 0.3 is 17.1 Å². The number of phenolic OH excluding ortho intramolecular Hbond substituents is 2. The minimum absolute atomic E-state index is 0. The molecule has 11 heteroatoms. The minimum Gasteiger partial charge on any atom is -0.550 e. The summed E-state index contributed by atoms with van der Waals surface area (Å²) in [6, 6.07) is 19.2. The number of carbonyl (C=O) groups is 3. The number of aromatic nitrogens is 2. The van der Waals surface area contributed by atoms with Gasteiger partial charge in [0.05, 0.1) is 11.4 Å². The predicted molar refractivity (Wildman–Crippen MR) is 171 cm³/mol. The molecular formula is C36H41MnN2O8. The van der Waals surface area contributed by atoms with Crippen LogP contribution in [0.1, 0.15) is 73.4 Å². The SMILES string of the molecule is CC(=O)[O-].CC(=O)[O-].CC(=O)[O-].CC(C)(C)c1ccc(O)c(-c2ccc(-c3ccc(-c4cc(C(C)(C)C)ccc4O)cn3)nc2)c1.[Mn+3]. The van der Waals surface area contributed by atoms with Gasteiger partial charge in [-0.15, -0.1) is 0 Å². The molecule has 4 rings (SSSR count). The predicted octanol–water partition coefficient (Wildman–Crippen LogP) is 3.75. The maximum absolute atomic E-state index is 10.4. The number of hydrogen-bond donors (Lipinski definition) is 2. The zero-order valence-corrected chi connectivity index (χ0v) is 29.2. The quantitative estimate of drug-likeness (QED) is 0.301. The Morgan fingerprint density at radius 2 is 0.830 bits per heavy atom. The molecule has 0 atom stereocenters. The first-order valence-electron chi connectivity index (χ1n) is 14.3. The number of nitrogens with zero attached hydrogens (tertiary/aromatic N) is 2. The molecule has 2 aromatic carbocycles. The van der Waals surface area contributed by atoms with E-state index in [2.05, 4.69) is 51.5 Å². The number of pyridine rings is 2. The summed E-state index contributed by atoms with van der Waals surface area (Å²) in [5, 5.41) is 47.5. The molecule has 0 aliphatic heterocycles. The molecule has 0 radical (unpaired) electrons. The van der Waals surface area contributed by atoms with E-state index in [0.717, 1.165) is 65.5 Å². The Labute approximate surface area is 286 Å². The van der Waals surface area contributed by atoms with Crippen LogP contribution in [0.25, 0.3) is 33.6 Å². The number of hydrogen-bond acceptors (Lipinski definition) is 10. The van der Waals surface area contributed by atoms with Crippen molar-refractivity contribution in [3.63, 3.8) is 0 Å². The van der Waals surface area contributed by atoms with Gasteiger partial charge in [0.1, 0.15) is 11.5 Å². The topological polar surface area (TPSA) is 187 Å². The number of aliphatic carboxylic acids is 3. The first-order chi connectivity index (χ1) is 21.1. The summed E-state index contributed by atoms with van der Waals surface area (Å²) in [7, 11) is 0. The second-order valence-corrected chi connectivity index (χ2v) is 12.3. The van der Waals surface area contributed by atoms with Crippen LogP contribution in [-0.4, -0.2) is 38.1 Å². The van der Waals surface area contributed by atoms with Crippen molar-refractivity contribution in [1.82, 2.24) is 9.97 Å². The maximum atomic E-state index is 10.4. The molecule has 0 fully saturated rings. The maximum Gasteiger partial charge on any atom is 3.00 e. The van der Waals surface area contributed by atoms with Crippen LogP contribution >= 0.6 is 0 Å². The Balaban J connectivity index is 0.00000141. The minimum atomic E-state index is -1.08. The average molecular weight is 685 g/mol. The molecule has 0 unspecified atom stereocenters. The van der Waals surface area contributed by atoms with Crippen LogP contribution in [0.5, 0.6) is 11.5 Å². The fraction of sp³-hybridized carbons (Fsp3) is 0.306. The van der Waals surface area contributed by atoms with E-state index in [9.17, 15) is 10.2 Å². The van der Waals surface area contributed by atoms with Gasteiger partial charge in [-0.3, -0.25) is 9.97 Å². The molecule has 47 heavy (non-hydrogen) atoms. The third kappa shape index (κ3) is 14.9. The summed E-state index contributed by atoms with van der Waals surface area (Å²) < 4.78 is 0. The summed E-state index contributed by atoms with van der Waals surface area (Å²) in [6.45, 7) is 15.8. The van der Waals surface area contributed by atoms with E-state index in [1.807, 2.05) is 48.5 Å². The molecule has 0 bridgehead atoms. The monoisotopic (exact) mass is 684 g/mol. The largest absolute Gasteiger partial charge is 3.00 e. The van der Waals surface area contributed by atoms with Crippen LogP contribution in [-0.2, 0) is 42.3 Å². The van der Waals surface area contributed by atoms with Gasteiger partial charge in [-0.05, 0) is 79.1 Å². The van der Waals surface area contributed by atoms with Crippen LogP contribution in [0.3, 0.4) is 0 Å². The smallest absolute Gasteiger partial charge is 0.550 e. The third-order valence-electron chi connectivity index (χ3n) is 6.14. The van der Waals surface area contributed by atoms with Crippen molar-refractivity contribution in [2.45, 2.75) is 73.1 Å². The zero-order valence-electron chi connectivity index (χ0n) is 28.0. The molecule has 10 nitrogen and oxygen atoms in total. The fourth-order valence-corrected chi connectivity index (χ4v) is 3.88. The normalized spacial score (nSPS) is 10.3. The second-order valence-electron chi connectivity index (χ2n) is 12.3. The van der Waals surface area contributed by atoms with Crippen molar-refractivity contribution in [2.24, 2.45) is 0 Å². The molecular weight excluding hydrogens is 643 g/mol. The number of carbonyl (C=O) groups excluding carboxylic acids is 3. The van der Waals surface area contributed by atoms with Gasteiger partial charge in [-0.25, -0.2) is 0 Å². The van der Waals surface area contributed by atoms with Crippen molar-refractivity contribution in [1.29, 1.82) is 0 Å². The fourth-order valence-electron chi connectivity index (χ4n) is 3.88. The van der Waals surface area contributed by atoms with Crippen molar-refractivity contribution in [3.05, 3.63) is 84.2 Å². The van der Waals surface area contributed by atoms with Gasteiger partial charge in [0.25, 0.3) is 0 Å². The van der Waals surface area contributed by atoms with Gasteiger partial charge in [0.2, 0.25) is 0 Å². The van der Waals surface area contributed by atoms with Crippen molar-refractivity contribution in [3.8, 4) is 45.1 Å². The molecule has 250 valence electrons. The van der Waals surface area contributed by atoms with Crippen LogP contribution in [0.2, 0.25) is 0 Å². The Bertz CT molecular complexity index is 1480. The van der Waals surface area contributed by atoms with Gasteiger partial charge in [0, 0.05) is 52.6 Å². The Kier molecular flexibility index (Phi) is 16.6. The van der Waals surface area contributed by atoms with Crippen LogP contribution in [0.15, 0.2) is 73.1 Å². The van der Waals surface area contributed by atoms with Crippen LogP contribution < -0.4 is 15.3 Å². The number of carboxylic acids is 3. The van der Waals surface area contributed by atoms with E-state index in [1.54, 1.807) is 24.5 Å². The average Bonchev–Trinajstić information content (AvgIpc) is 2.92. The molecule has 0 amide bonds. The van der Waals surface area contributed by atoms with E-state index < -0.39 is 17.9 Å². The summed E-state index contributed by atoms with van der Waals surface area (Å²) in [5.41, 5.74) is 7.02. The van der Waals surface area contributed by atoms with E-state index in [-0.39, 0.29) is 39.4 Å². The number of rotatable bonds is 3. The molecule has 0 saturated heterocycles. The first-order valence-corrected chi connectivity index (χ1v) is 14.3. The van der Waals surface area contributed by atoms with E-state index in [0.29, 0.717) is 0 Å². The van der Waals surface area contributed by atoms with Gasteiger partial charge in [0.15, 0.2) is 0 Å². The number of carboxylic acid groups (broad SMARTS) is 3. The Morgan fingerprint density at radius 3 is 1.04 bits per heavy atom. The van der Waals surface area contributed by atoms with Crippen LogP contribution in [0, 0.1) is 0 Å². The van der Waals surface area contributed by atoms with Gasteiger partial charge in [-0.2, -0.15) is 0 Å². The van der Waals surface area contributed by atoms with Gasteiger partial charge < -0.3 is 39.9 Å². The zero-order chi connectivity index (χ0) is 35.4. The molecule has 4 aromatic rings. The number of aromatic hydroxyl groups is 2. The molecule has 2 N–H and O–H groups in total. The molecule has 0 saturated carbocycles. The molecule has 0 aliphatic rings. The number of phenols is 2. The van der Waals surface area contributed by atoms with Crippen molar-refractivity contribution < 1.29 is 57.0 Å². The van der Waals surface area contributed by atoms with E-state index in [4.69, 9.17) is 29.7 Å². The molecule has 2 aromatic heterocycles. The van der Waals surface area contributed by atoms with Crippen LogP contribution in [0.4, 0.5) is 0 Å². The molecule has 2 heterocycles. The van der Waals surface area contributed by atoms with E-state index in [1.165, 1.54) is 0 Å². The van der Waals surface area contributed by atoms with Gasteiger partial charge in [-0.1, -0.05) is 65.8 Å².